The lowest BCUT2D eigenvalue weighted by atomic mass is 10.0. The first-order valence-electron chi connectivity index (χ1n) is 9.70. The Morgan fingerprint density at radius 1 is 1.21 bits per heavy atom. The van der Waals surface area contributed by atoms with Crippen LogP contribution in [-0.4, -0.2) is 39.1 Å². The Hall–Kier alpha value is -2.89. The Kier molecular flexibility index (Phi) is 5.68. The molecule has 0 radical (unpaired) electrons. The van der Waals surface area contributed by atoms with Crippen LogP contribution in [0.15, 0.2) is 36.4 Å². The van der Waals surface area contributed by atoms with Crippen LogP contribution in [0.3, 0.4) is 0 Å². The molecule has 2 heterocycles. The van der Waals surface area contributed by atoms with E-state index >= 15 is 0 Å². The number of rotatable bonds is 6. The third-order valence-corrected chi connectivity index (χ3v) is 5.31. The lowest BCUT2D eigenvalue weighted by Gasteiger charge is -2.27. The Balaban J connectivity index is 1.81. The highest BCUT2D eigenvalue weighted by molar-refractivity contribution is 5.95. The van der Waals surface area contributed by atoms with Crippen molar-refractivity contribution in [3.05, 3.63) is 53.4 Å². The lowest BCUT2D eigenvalue weighted by molar-refractivity contribution is -0.118. The van der Waals surface area contributed by atoms with Gasteiger partial charge in [-0.3, -0.25) is 14.3 Å². The zero-order valence-electron chi connectivity index (χ0n) is 17.0. The number of amides is 2. The SMILES string of the molecule is Cc1nn(CCC(N)=O)c(C)c1-c1ccc(C(=O)N2CC=C[C@H]2C(C)C)cc1. The molecule has 2 aromatic rings. The molecule has 1 aromatic heterocycles. The Bertz CT molecular complexity index is 909. The highest BCUT2D eigenvalue weighted by Crippen LogP contribution is 2.28. The molecule has 3 rings (SSSR count). The minimum Gasteiger partial charge on any atom is -0.370 e. The van der Waals surface area contributed by atoms with Crippen molar-refractivity contribution in [1.82, 2.24) is 14.7 Å². The summed E-state index contributed by atoms with van der Waals surface area (Å²) >= 11 is 0. The van der Waals surface area contributed by atoms with E-state index in [0.29, 0.717) is 24.6 Å². The van der Waals surface area contributed by atoms with Gasteiger partial charge in [0.05, 0.1) is 11.7 Å². The van der Waals surface area contributed by atoms with Crippen LogP contribution in [0, 0.1) is 19.8 Å². The zero-order chi connectivity index (χ0) is 20.4. The molecule has 1 aliphatic rings. The van der Waals surface area contributed by atoms with Gasteiger partial charge in [-0.2, -0.15) is 5.10 Å². The van der Waals surface area contributed by atoms with Crippen LogP contribution >= 0.6 is 0 Å². The van der Waals surface area contributed by atoms with Gasteiger partial charge in [-0.1, -0.05) is 38.1 Å². The van der Waals surface area contributed by atoms with Crippen molar-refractivity contribution >= 4 is 11.8 Å². The molecular weight excluding hydrogens is 352 g/mol. The predicted octanol–water partition coefficient (Wildman–Crippen LogP) is 3.08. The van der Waals surface area contributed by atoms with Gasteiger partial charge in [0.25, 0.3) is 5.91 Å². The van der Waals surface area contributed by atoms with Crippen molar-refractivity contribution < 1.29 is 9.59 Å². The average Bonchev–Trinajstić information content (AvgIpc) is 3.24. The van der Waals surface area contributed by atoms with Gasteiger partial charge in [0, 0.05) is 36.3 Å². The van der Waals surface area contributed by atoms with Gasteiger partial charge >= 0.3 is 0 Å². The molecule has 0 aliphatic carbocycles. The second-order valence-electron chi connectivity index (χ2n) is 7.68. The highest BCUT2D eigenvalue weighted by atomic mass is 16.2. The fraction of sp³-hybridized carbons (Fsp3) is 0.409. The van der Waals surface area contributed by atoms with Crippen molar-refractivity contribution in [3.63, 3.8) is 0 Å². The molecule has 0 bridgehead atoms. The number of carbonyl (C=O) groups is 2. The highest BCUT2D eigenvalue weighted by Gasteiger charge is 2.27. The van der Waals surface area contributed by atoms with E-state index in [0.717, 1.165) is 22.5 Å². The first-order chi connectivity index (χ1) is 13.3. The molecule has 6 heteroatoms. The van der Waals surface area contributed by atoms with Crippen LogP contribution in [0.25, 0.3) is 11.1 Å². The van der Waals surface area contributed by atoms with Crippen LogP contribution in [0.1, 0.15) is 42.0 Å². The number of benzene rings is 1. The second-order valence-corrected chi connectivity index (χ2v) is 7.68. The van der Waals surface area contributed by atoms with Crippen molar-refractivity contribution in [3.8, 4) is 11.1 Å². The molecule has 0 fully saturated rings. The number of hydrogen-bond acceptors (Lipinski definition) is 3. The molecule has 6 nitrogen and oxygen atoms in total. The van der Waals surface area contributed by atoms with Crippen molar-refractivity contribution in [1.29, 1.82) is 0 Å². The average molecular weight is 380 g/mol. The van der Waals surface area contributed by atoms with E-state index in [-0.39, 0.29) is 24.3 Å². The van der Waals surface area contributed by atoms with E-state index < -0.39 is 0 Å². The minimum atomic E-state index is -0.340. The standard InChI is InChI=1S/C22H28N4O2/c1-14(2)19-6-5-12-25(19)22(28)18-9-7-17(8-10-18)21-15(3)24-26(16(21)4)13-11-20(23)27/h5-10,14,19H,11-13H2,1-4H3,(H2,23,27)/t19-/m0/s1. The van der Waals surface area contributed by atoms with E-state index in [1.165, 1.54) is 0 Å². The molecule has 0 saturated carbocycles. The Morgan fingerprint density at radius 2 is 1.89 bits per heavy atom. The van der Waals surface area contributed by atoms with Gasteiger partial charge in [0.15, 0.2) is 0 Å². The molecule has 1 aromatic carbocycles. The summed E-state index contributed by atoms with van der Waals surface area (Å²) in [5.41, 5.74) is 9.87. The zero-order valence-corrected chi connectivity index (χ0v) is 17.0. The third-order valence-electron chi connectivity index (χ3n) is 5.31. The van der Waals surface area contributed by atoms with Gasteiger partial charge in [-0.15, -0.1) is 0 Å². The van der Waals surface area contributed by atoms with E-state index in [9.17, 15) is 9.59 Å². The number of nitrogens with two attached hydrogens (primary N) is 1. The molecule has 1 atom stereocenters. The summed E-state index contributed by atoms with van der Waals surface area (Å²) in [4.78, 5) is 25.9. The Morgan fingerprint density at radius 3 is 2.50 bits per heavy atom. The number of aromatic nitrogens is 2. The molecule has 2 N–H and O–H groups in total. The van der Waals surface area contributed by atoms with Crippen LogP contribution in [0.2, 0.25) is 0 Å². The quantitative estimate of drug-likeness (QED) is 0.782. The summed E-state index contributed by atoms with van der Waals surface area (Å²) < 4.78 is 1.82. The van der Waals surface area contributed by atoms with Gasteiger partial charge in [0.2, 0.25) is 5.91 Å². The van der Waals surface area contributed by atoms with Crippen LogP contribution < -0.4 is 5.73 Å². The maximum absolute atomic E-state index is 12.9. The number of aryl methyl sites for hydroxylation is 2. The van der Waals surface area contributed by atoms with Crippen molar-refractivity contribution in [2.45, 2.75) is 46.7 Å². The summed E-state index contributed by atoms with van der Waals surface area (Å²) in [7, 11) is 0. The van der Waals surface area contributed by atoms with E-state index in [1.807, 2.05) is 47.7 Å². The molecule has 0 unspecified atom stereocenters. The largest absolute Gasteiger partial charge is 0.370 e. The Labute approximate surface area is 166 Å². The van der Waals surface area contributed by atoms with Gasteiger partial charge in [0.1, 0.15) is 0 Å². The maximum atomic E-state index is 12.9. The first-order valence-corrected chi connectivity index (χ1v) is 9.70. The molecule has 1 aliphatic heterocycles. The molecule has 0 spiro atoms. The summed E-state index contributed by atoms with van der Waals surface area (Å²) in [6.45, 7) is 9.32. The molecule has 2 amide bonds. The number of primary amides is 1. The number of carbonyl (C=O) groups excluding carboxylic acids is 2. The lowest BCUT2D eigenvalue weighted by Crippen LogP contribution is -2.38. The third kappa shape index (κ3) is 3.86. The van der Waals surface area contributed by atoms with E-state index in [4.69, 9.17) is 5.73 Å². The summed E-state index contributed by atoms with van der Waals surface area (Å²) in [6, 6.07) is 7.85. The molecular formula is C22H28N4O2. The van der Waals surface area contributed by atoms with Crippen LogP contribution in [-0.2, 0) is 11.3 Å². The van der Waals surface area contributed by atoms with Crippen LogP contribution in [0.5, 0.6) is 0 Å². The van der Waals surface area contributed by atoms with Crippen molar-refractivity contribution in [2.24, 2.45) is 11.7 Å². The normalized spacial score (nSPS) is 16.2. The summed E-state index contributed by atoms with van der Waals surface area (Å²) in [5.74, 6) is 0.104. The van der Waals surface area contributed by atoms with Gasteiger partial charge < -0.3 is 10.6 Å². The van der Waals surface area contributed by atoms with Gasteiger partial charge in [-0.05, 0) is 37.5 Å². The molecule has 0 saturated heterocycles. The number of hydrogen-bond donors (Lipinski definition) is 1. The van der Waals surface area contributed by atoms with Crippen LogP contribution in [0.4, 0.5) is 0 Å². The first kappa shape index (κ1) is 19.9. The molecule has 148 valence electrons. The van der Waals surface area contributed by atoms with E-state index in [1.54, 1.807) is 0 Å². The summed E-state index contributed by atoms with van der Waals surface area (Å²) in [5, 5.41) is 4.53. The molecule has 28 heavy (non-hydrogen) atoms. The number of nitrogens with zero attached hydrogens (tertiary/aromatic N) is 3. The fourth-order valence-corrected chi connectivity index (χ4v) is 3.83. The van der Waals surface area contributed by atoms with E-state index in [2.05, 4.69) is 31.1 Å². The fourth-order valence-electron chi connectivity index (χ4n) is 3.83. The minimum absolute atomic E-state index is 0.0563. The topological polar surface area (TPSA) is 81.2 Å². The maximum Gasteiger partial charge on any atom is 0.254 e. The van der Waals surface area contributed by atoms with Gasteiger partial charge in [-0.25, -0.2) is 0 Å². The summed E-state index contributed by atoms with van der Waals surface area (Å²) in [6.07, 6.45) is 4.43. The smallest absolute Gasteiger partial charge is 0.254 e. The second kappa shape index (κ2) is 8.00. The monoisotopic (exact) mass is 380 g/mol. The predicted molar refractivity (Wildman–Crippen MR) is 110 cm³/mol. The van der Waals surface area contributed by atoms with Crippen molar-refractivity contribution in [2.75, 3.05) is 6.54 Å².